The molecule has 0 aliphatic heterocycles. The minimum atomic E-state index is -0.0553. The Labute approximate surface area is 181 Å². The highest BCUT2D eigenvalue weighted by molar-refractivity contribution is 5.30. The lowest BCUT2D eigenvalue weighted by atomic mass is 9.44. The summed E-state index contributed by atoms with van der Waals surface area (Å²) in [6, 6.07) is 0. The van der Waals surface area contributed by atoms with Gasteiger partial charge in [0.05, 0.1) is 6.10 Å². The van der Waals surface area contributed by atoms with Crippen molar-refractivity contribution in [2.45, 2.75) is 112 Å². The predicted octanol–water partition coefficient (Wildman–Crippen LogP) is 7.63. The van der Waals surface area contributed by atoms with Gasteiger partial charge in [0.1, 0.15) is 0 Å². The van der Waals surface area contributed by atoms with E-state index in [9.17, 15) is 5.11 Å². The van der Waals surface area contributed by atoms with Crippen molar-refractivity contribution in [3.05, 3.63) is 11.6 Å². The molecule has 0 radical (unpaired) electrons. The average molecular weight is 401 g/mol. The molecule has 3 unspecified atom stereocenters. The minimum Gasteiger partial charge on any atom is -0.393 e. The van der Waals surface area contributed by atoms with Crippen LogP contribution in [0.4, 0.5) is 0 Å². The van der Waals surface area contributed by atoms with E-state index < -0.39 is 0 Å². The largest absolute Gasteiger partial charge is 0.393 e. The zero-order chi connectivity index (χ0) is 21.0. The first-order chi connectivity index (χ1) is 13.7. The number of fused-ring (bicyclic) bond motifs is 5. The van der Waals surface area contributed by atoms with Crippen LogP contribution in [0.3, 0.4) is 0 Å². The van der Waals surface area contributed by atoms with Crippen molar-refractivity contribution in [3.8, 4) is 0 Å². The van der Waals surface area contributed by atoms with Crippen LogP contribution in [0.2, 0.25) is 0 Å². The Morgan fingerprint density at radius 3 is 2.48 bits per heavy atom. The molecule has 166 valence electrons. The molecular formula is C28H48O. The van der Waals surface area contributed by atoms with Crippen molar-refractivity contribution in [1.82, 2.24) is 0 Å². The van der Waals surface area contributed by atoms with Crippen LogP contribution in [-0.4, -0.2) is 11.2 Å². The van der Waals surface area contributed by atoms with Crippen LogP contribution >= 0.6 is 0 Å². The van der Waals surface area contributed by atoms with Crippen LogP contribution in [0.25, 0.3) is 0 Å². The zero-order valence-corrected chi connectivity index (χ0v) is 20.2. The first kappa shape index (κ1) is 21.9. The smallest absolute Gasteiger partial charge is 0.0568 e. The molecule has 3 fully saturated rings. The highest BCUT2D eigenvalue weighted by Gasteiger charge is 2.59. The highest BCUT2D eigenvalue weighted by Crippen LogP contribution is 2.67. The maximum absolute atomic E-state index is 10.5. The Morgan fingerprint density at radius 1 is 1.00 bits per heavy atom. The number of rotatable bonds is 5. The second-order valence-electron chi connectivity index (χ2n) is 12.6. The molecule has 0 amide bonds. The molecule has 1 N–H and O–H groups in total. The summed E-state index contributed by atoms with van der Waals surface area (Å²) in [5.41, 5.74) is 2.82. The molecule has 29 heavy (non-hydrogen) atoms. The summed E-state index contributed by atoms with van der Waals surface area (Å²) in [7, 11) is 0. The summed E-state index contributed by atoms with van der Waals surface area (Å²) >= 11 is 0. The summed E-state index contributed by atoms with van der Waals surface area (Å²) in [5, 5.41) is 10.5. The van der Waals surface area contributed by atoms with E-state index >= 15 is 0 Å². The van der Waals surface area contributed by atoms with Gasteiger partial charge in [0, 0.05) is 0 Å². The molecule has 0 aromatic heterocycles. The fraction of sp³-hybridized carbons (Fsp3) is 0.929. The first-order valence-electron chi connectivity index (χ1n) is 13.1. The minimum absolute atomic E-state index is 0.0553. The van der Waals surface area contributed by atoms with Crippen LogP contribution in [0.15, 0.2) is 11.6 Å². The van der Waals surface area contributed by atoms with E-state index in [0.29, 0.717) is 16.7 Å². The van der Waals surface area contributed by atoms with Gasteiger partial charge in [0.15, 0.2) is 0 Å². The van der Waals surface area contributed by atoms with E-state index in [-0.39, 0.29) is 6.10 Å². The van der Waals surface area contributed by atoms with E-state index in [1.165, 1.54) is 57.8 Å². The third-order valence-electron chi connectivity index (χ3n) is 10.8. The van der Waals surface area contributed by atoms with Crippen molar-refractivity contribution in [3.63, 3.8) is 0 Å². The standard InChI is InChI=1S/C28H48O/c1-18(2)8-7-9-19(3)22-12-13-24-21-10-11-23-20(4)26(29)15-17-28(23,6)25(21)14-16-27(22,24)5/h13,18-23,25-26,29H,7-12,14-17H2,1-6H3/t19-,20?,21+,22-,23?,25+,26?,27-,28+/m1/s1. The van der Waals surface area contributed by atoms with Gasteiger partial charge >= 0.3 is 0 Å². The van der Waals surface area contributed by atoms with Crippen molar-refractivity contribution in [2.75, 3.05) is 0 Å². The number of aliphatic hydroxyl groups is 1. The molecule has 4 aliphatic rings. The third-order valence-corrected chi connectivity index (χ3v) is 10.8. The van der Waals surface area contributed by atoms with Gasteiger partial charge in [-0.15, -0.1) is 0 Å². The molecule has 0 aromatic rings. The number of aliphatic hydroxyl groups excluding tert-OH is 1. The van der Waals surface area contributed by atoms with Gasteiger partial charge in [-0.1, -0.05) is 72.5 Å². The highest BCUT2D eigenvalue weighted by atomic mass is 16.3. The Morgan fingerprint density at radius 2 is 1.76 bits per heavy atom. The second kappa shape index (κ2) is 7.99. The number of hydrogen-bond donors (Lipinski definition) is 1. The summed E-state index contributed by atoms with van der Waals surface area (Å²) in [6.45, 7) is 14.9. The van der Waals surface area contributed by atoms with Crippen LogP contribution < -0.4 is 0 Å². The van der Waals surface area contributed by atoms with E-state index in [1.54, 1.807) is 0 Å². The van der Waals surface area contributed by atoms with Crippen molar-refractivity contribution >= 4 is 0 Å². The normalized spacial score (nSPS) is 47.9. The molecule has 0 saturated heterocycles. The fourth-order valence-electron chi connectivity index (χ4n) is 8.98. The Bertz CT molecular complexity index is 620. The van der Waals surface area contributed by atoms with E-state index in [2.05, 4.69) is 47.6 Å². The Balaban J connectivity index is 1.49. The first-order valence-corrected chi connectivity index (χ1v) is 13.1. The second-order valence-corrected chi connectivity index (χ2v) is 12.6. The zero-order valence-electron chi connectivity index (χ0n) is 20.2. The third kappa shape index (κ3) is 3.56. The molecular weight excluding hydrogens is 352 g/mol. The SMILES string of the molecule is CC(C)CCC[C@@H](C)[C@H]1CC=C2[C@@H]3CCC4C(C)C(O)CC[C@]4(C)[C@H]3CC[C@@]21C. The van der Waals surface area contributed by atoms with Crippen LogP contribution in [0.1, 0.15) is 106 Å². The maximum atomic E-state index is 10.5. The average Bonchev–Trinajstić information content (AvgIpc) is 3.02. The lowest BCUT2D eigenvalue weighted by molar-refractivity contribution is -0.116. The van der Waals surface area contributed by atoms with E-state index in [0.717, 1.165) is 41.9 Å². The molecule has 0 heterocycles. The van der Waals surface area contributed by atoms with Crippen molar-refractivity contribution in [1.29, 1.82) is 0 Å². The van der Waals surface area contributed by atoms with Gasteiger partial charge in [0.25, 0.3) is 0 Å². The molecule has 1 nitrogen and oxygen atoms in total. The van der Waals surface area contributed by atoms with Crippen molar-refractivity contribution in [2.24, 2.45) is 52.3 Å². The Hall–Kier alpha value is -0.300. The summed E-state index contributed by atoms with van der Waals surface area (Å²) in [4.78, 5) is 0. The van der Waals surface area contributed by atoms with Gasteiger partial charge < -0.3 is 5.11 Å². The topological polar surface area (TPSA) is 20.2 Å². The predicted molar refractivity (Wildman–Crippen MR) is 124 cm³/mol. The number of hydrogen-bond acceptors (Lipinski definition) is 1. The molecule has 0 aromatic carbocycles. The lowest BCUT2D eigenvalue weighted by Crippen LogP contribution is -2.54. The quantitative estimate of drug-likeness (QED) is 0.470. The van der Waals surface area contributed by atoms with E-state index in [4.69, 9.17) is 0 Å². The molecule has 3 saturated carbocycles. The van der Waals surface area contributed by atoms with Gasteiger partial charge in [-0.25, -0.2) is 0 Å². The van der Waals surface area contributed by atoms with Crippen molar-refractivity contribution < 1.29 is 5.11 Å². The Kier molecular flexibility index (Phi) is 6.04. The van der Waals surface area contributed by atoms with Gasteiger partial charge in [-0.05, 0) is 97.2 Å². The van der Waals surface area contributed by atoms with E-state index in [1.807, 2.05) is 5.57 Å². The van der Waals surface area contributed by atoms with Gasteiger partial charge in [-0.3, -0.25) is 0 Å². The fourth-order valence-corrected chi connectivity index (χ4v) is 8.98. The monoisotopic (exact) mass is 400 g/mol. The molecule has 4 aliphatic carbocycles. The summed E-state index contributed by atoms with van der Waals surface area (Å²) in [6.07, 6.45) is 16.1. The van der Waals surface area contributed by atoms with Gasteiger partial charge in [-0.2, -0.15) is 0 Å². The molecule has 0 spiro atoms. The van der Waals surface area contributed by atoms with Crippen LogP contribution in [0.5, 0.6) is 0 Å². The van der Waals surface area contributed by atoms with Crippen LogP contribution in [0, 0.1) is 52.3 Å². The number of allylic oxidation sites excluding steroid dienone is 2. The molecule has 9 atom stereocenters. The molecule has 1 heteroatoms. The summed E-state index contributed by atoms with van der Waals surface area (Å²) in [5.74, 6) is 5.52. The molecule has 4 rings (SSSR count). The van der Waals surface area contributed by atoms with Crippen LogP contribution in [-0.2, 0) is 0 Å². The summed E-state index contributed by atoms with van der Waals surface area (Å²) < 4.78 is 0. The molecule has 0 bridgehead atoms. The lowest BCUT2D eigenvalue weighted by Gasteiger charge is -2.61. The van der Waals surface area contributed by atoms with Gasteiger partial charge in [0.2, 0.25) is 0 Å². The maximum Gasteiger partial charge on any atom is 0.0568 e.